The number of likely N-dealkylation sites (tertiary alicyclic amines) is 1. The summed E-state index contributed by atoms with van der Waals surface area (Å²) >= 11 is 1.92. The Morgan fingerprint density at radius 3 is 2.52 bits per heavy atom. The Bertz CT molecular complexity index is 406. The van der Waals surface area contributed by atoms with Gasteiger partial charge in [0.2, 0.25) is 0 Å². The molecule has 2 heterocycles. The smallest absolute Gasteiger partial charge is 0.0944 e. The lowest BCUT2D eigenvalue weighted by molar-refractivity contribution is 0.288. The van der Waals surface area contributed by atoms with E-state index in [-0.39, 0.29) is 0 Å². The fourth-order valence-corrected chi connectivity index (χ4v) is 4.13. The number of aromatic nitrogens is 1. The van der Waals surface area contributed by atoms with Crippen molar-refractivity contribution in [3.8, 4) is 0 Å². The van der Waals surface area contributed by atoms with E-state index in [1.807, 2.05) is 11.3 Å². The number of hydrogen-bond donors (Lipinski definition) is 1. The molecule has 0 amide bonds. The first kappa shape index (κ1) is 16.9. The van der Waals surface area contributed by atoms with Crippen LogP contribution in [0.25, 0.3) is 0 Å². The van der Waals surface area contributed by atoms with E-state index in [0.29, 0.717) is 5.92 Å². The second kappa shape index (κ2) is 8.86. The second-order valence-electron chi connectivity index (χ2n) is 6.36. The SMILES string of the molecule is CCNCc1sc(CCN2CCCCCC2)nc1C(C)C. The Hall–Kier alpha value is -0.450. The van der Waals surface area contributed by atoms with Gasteiger partial charge in [0.05, 0.1) is 10.7 Å². The number of thiazole rings is 1. The monoisotopic (exact) mass is 309 g/mol. The third-order valence-corrected chi connectivity index (χ3v) is 5.33. The third-order valence-electron chi connectivity index (χ3n) is 4.19. The fourth-order valence-electron chi connectivity index (χ4n) is 2.95. The molecule has 1 N–H and O–H groups in total. The first-order chi connectivity index (χ1) is 10.2. The molecule has 1 aliphatic rings. The number of nitrogens with zero attached hydrogens (tertiary/aromatic N) is 2. The number of rotatable bonds is 7. The van der Waals surface area contributed by atoms with Crippen LogP contribution in [0, 0.1) is 0 Å². The minimum absolute atomic E-state index is 0.529. The predicted molar refractivity (Wildman–Crippen MR) is 92.2 cm³/mol. The summed E-state index contributed by atoms with van der Waals surface area (Å²) in [6, 6.07) is 0. The molecule has 0 saturated carbocycles. The van der Waals surface area contributed by atoms with Crippen molar-refractivity contribution in [3.05, 3.63) is 15.6 Å². The molecule has 0 bridgehead atoms. The zero-order valence-electron chi connectivity index (χ0n) is 14.0. The van der Waals surface area contributed by atoms with Crippen LogP contribution in [0.3, 0.4) is 0 Å². The Kier molecular flexibility index (Phi) is 7.14. The van der Waals surface area contributed by atoms with Crippen LogP contribution in [0.2, 0.25) is 0 Å². The van der Waals surface area contributed by atoms with E-state index < -0.39 is 0 Å². The maximum absolute atomic E-state index is 4.92. The summed E-state index contributed by atoms with van der Waals surface area (Å²) in [6.07, 6.45) is 6.70. The molecule has 1 aromatic rings. The highest BCUT2D eigenvalue weighted by Gasteiger charge is 2.15. The molecular weight excluding hydrogens is 278 g/mol. The van der Waals surface area contributed by atoms with Gasteiger partial charge in [-0.15, -0.1) is 11.3 Å². The minimum Gasteiger partial charge on any atom is -0.312 e. The highest BCUT2D eigenvalue weighted by atomic mass is 32.1. The van der Waals surface area contributed by atoms with E-state index >= 15 is 0 Å². The van der Waals surface area contributed by atoms with Crippen LogP contribution in [0.5, 0.6) is 0 Å². The molecular formula is C17H31N3S. The zero-order valence-corrected chi connectivity index (χ0v) is 14.8. The molecule has 0 radical (unpaired) electrons. The van der Waals surface area contributed by atoms with E-state index in [1.165, 1.54) is 60.9 Å². The van der Waals surface area contributed by atoms with Gasteiger partial charge in [0.1, 0.15) is 0 Å². The Morgan fingerprint density at radius 2 is 1.90 bits per heavy atom. The molecule has 1 fully saturated rings. The molecule has 120 valence electrons. The lowest BCUT2D eigenvalue weighted by atomic mass is 10.1. The van der Waals surface area contributed by atoms with Gasteiger partial charge in [-0.3, -0.25) is 0 Å². The molecule has 1 aromatic heterocycles. The molecule has 3 nitrogen and oxygen atoms in total. The van der Waals surface area contributed by atoms with Crippen molar-refractivity contribution < 1.29 is 0 Å². The summed E-state index contributed by atoms with van der Waals surface area (Å²) in [7, 11) is 0. The van der Waals surface area contributed by atoms with Crippen LogP contribution in [0.1, 0.15) is 68.0 Å². The summed E-state index contributed by atoms with van der Waals surface area (Å²) in [6.45, 7) is 12.4. The Labute approximate surface area is 134 Å². The summed E-state index contributed by atoms with van der Waals surface area (Å²) in [4.78, 5) is 9.00. The molecule has 0 aliphatic carbocycles. The fraction of sp³-hybridized carbons (Fsp3) is 0.824. The van der Waals surface area contributed by atoms with Gasteiger partial charge >= 0.3 is 0 Å². The molecule has 1 aliphatic heterocycles. The lowest BCUT2D eigenvalue weighted by Gasteiger charge is -2.18. The molecule has 21 heavy (non-hydrogen) atoms. The van der Waals surface area contributed by atoms with E-state index in [4.69, 9.17) is 4.98 Å². The van der Waals surface area contributed by atoms with Crippen molar-refractivity contribution in [3.63, 3.8) is 0 Å². The molecule has 0 aromatic carbocycles. The van der Waals surface area contributed by atoms with Crippen molar-refractivity contribution in [2.75, 3.05) is 26.2 Å². The van der Waals surface area contributed by atoms with E-state index in [9.17, 15) is 0 Å². The van der Waals surface area contributed by atoms with E-state index in [0.717, 1.165) is 19.5 Å². The van der Waals surface area contributed by atoms with Gasteiger partial charge in [-0.2, -0.15) is 0 Å². The largest absolute Gasteiger partial charge is 0.312 e. The summed E-state index contributed by atoms with van der Waals surface area (Å²) in [5.74, 6) is 0.529. The molecule has 4 heteroatoms. The van der Waals surface area contributed by atoms with E-state index in [2.05, 4.69) is 31.0 Å². The molecule has 2 rings (SSSR count). The average Bonchev–Trinajstić information content (AvgIpc) is 2.70. The maximum Gasteiger partial charge on any atom is 0.0944 e. The van der Waals surface area contributed by atoms with Gasteiger partial charge < -0.3 is 10.2 Å². The highest BCUT2D eigenvalue weighted by Crippen LogP contribution is 2.25. The van der Waals surface area contributed by atoms with Gasteiger partial charge in [0, 0.05) is 24.4 Å². The van der Waals surface area contributed by atoms with Crippen LogP contribution in [-0.2, 0) is 13.0 Å². The van der Waals surface area contributed by atoms with Crippen molar-refractivity contribution in [2.45, 2.75) is 65.3 Å². The Morgan fingerprint density at radius 1 is 1.19 bits per heavy atom. The van der Waals surface area contributed by atoms with E-state index in [1.54, 1.807) is 0 Å². The highest BCUT2D eigenvalue weighted by molar-refractivity contribution is 7.11. The molecule has 0 unspecified atom stereocenters. The maximum atomic E-state index is 4.92. The topological polar surface area (TPSA) is 28.2 Å². The van der Waals surface area contributed by atoms with Gasteiger partial charge in [-0.1, -0.05) is 33.6 Å². The van der Waals surface area contributed by atoms with Crippen LogP contribution in [0.4, 0.5) is 0 Å². The average molecular weight is 310 g/mol. The van der Waals surface area contributed by atoms with Crippen LogP contribution >= 0.6 is 11.3 Å². The third kappa shape index (κ3) is 5.35. The first-order valence-corrected chi connectivity index (χ1v) is 9.44. The van der Waals surface area contributed by atoms with Crippen LogP contribution in [0.15, 0.2) is 0 Å². The molecule has 1 saturated heterocycles. The second-order valence-corrected chi connectivity index (χ2v) is 7.53. The normalized spacial score (nSPS) is 17.3. The lowest BCUT2D eigenvalue weighted by Crippen LogP contribution is -2.26. The zero-order chi connectivity index (χ0) is 15.1. The standard InChI is InChI=1S/C17H31N3S/c1-4-18-13-15-17(14(2)3)19-16(21-15)9-12-20-10-7-5-6-8-11-20/h14,18H,4-13H2,1-3H3. The van der Waals surface area contributed by atoms with Crippen molar-refractivity contribution in [1.29, 1.82) is 0 Å². The summed E-state index contributed by atoms with van der Waals surface area (Å²) in [5.41, 5.74) is 1.31. The van der Waals surface area contributed by atoms with Crippen molar-refractivity contribution in [2.24, 2.45) is 0 Å². The van der Waals surface area contributed by atoms with Gasteiger partial charge in [-0.05, 0) is 38.4 Å². The molecule has 0 atom stereocenters. The first-order valence-electron chi connectivity index (χ1n) is 8.62. The van der Waals surface area contributed by atoms with Gasteiger partial charge in [0.25, 0.3) is 0 Å². The molecule has 0 spiro atoms. The minimum atomic E-state index is 0.529. The van der Waals surface area contributed by atoms with Crippen molar-refractivity contribution >= 4 is 11.3 Å². The predicted octanol–water partition coefficient (Wildman–Crippen LogP) is 3.79. The Balaban J connectivity index is 1.92. The summed E-state index contributed by atoms with van der Waals surface area (Å²) in [5, 5.41) is 4.78. The van der Waals surface area contributed by atoms with Gasteiger partial charge in [-0.25, -0.2) is 4.98 Å². The quantitative estimate of drug-likeness (QED) is 0.830. The number of nitrogens with one attached hydrogen (secondary N) is 1. The van der Waals surface area contributed by atoms with Crippen LogP contribution in [-0.4, -0.2) is 36.1 Å². The van der Waals surface area contributed by atoms with Gasteiger partial charge in [0.15, 0.2) is 0 Å². The summed E-state index contributed by atoms with van der Waals surface area (Å²) < 4.78 is 0. The van der Waals surface area contributed by atoms with Crippen molar-refractivity contribution in [1.82, 2.24) is 15.2 Å². The number of hydrogen-bond acceptors (Lipinski definition) is 4. The van der Waals surface area contributed by atoms with Crippen LogP contribution < -0.4 is 5.32 Å².